The van der Waals surface area contributed by atoms with Crippen molar-refractivity contribution in [3.8, 4) is 5.75 Å². The molecule has 1 aliphatic rings. The van der Waals surface area contributed by atoms with Crippen molar-refractivity contribution in [2.75, 3.05) is 26.2 Å². The van der Waals surface area contributed by atoms with Crippen LogP contribution in [0.15, 0.2) is 64.9 Å². The number of thiophene rings is 1. The number of likely N-dealkylation sites (N-methyl/N-ethyl adjacent to an activating group) is 1. The first kappa shape index (κ1) is 24.4. The summed E-state index contributed by atoms with van der Waals surface area (Å²) in [7, 11) is -3.81. The number of fused-ring (bicyclic) bond motifs is 1. The van der Waals surface area contributed by atoms with Gasteiger partial charge in [0, 0.05) is 24.0 Å². The van der Waals surface area contributed by atoms with Crippen LogP contribution in [0.3, 0.4) is 0 Å². The van der Waals surface area contributed by atoms with E-state index in [0.717, 1.165) is 11.1 Å². The van der Waals surface area contributed by atoms with Crippen molar-refractivity contribution < 1.29 is 22.3 Å². The minimum Gasteiger partial charge on any atom is -0.491 e. The molecular weight excluding hydrogens is 475 g/mol. The second-order valence-corrected chi connectivity index (χ2v) is 11.1. The summed E-state index contributed by atoms with van der Waals surface area (Å²) in [6, 6.07) is 14.1. The van der Waals surface area contributed by atoms with Crippen LogP contribution in [-0.2, 0) is 21.2 Å². The number of carbonyl (C=O) groups is 1. The number of sulfonamides is 1. The van der Waals surface area contributed by atoms with Gasteiger partial charge < -0.3 is 9.64 Å². The second kappa shape index (κ2) is 10.2. The summed E-state index contributed by atoms with van der Waals surface area (Å²) in [5.74, 6) is -0.306. The van der Waals surface area contributed by atoms with Crippen molar-refractivity contribution in [1.82, 2.24) is 9.21 Å². The molecule has 3 aromatic rings. The van der Waals surface area contributed by atoms with Gasteiger partial charge in [0.15, 0.2) is 0 Å². The molecule has 180 valence electrons. The molecule has 0 saturated carbocycles. The maximum atomic E-state index is 13.6. The zero-order valence-corrected chi connectivity index (χ0v) is 20.7. The van der Waals surface area contributed by atoms with E-state index in [0.29, 0.717) is 18.7 Å². The third-order valence-corrected chi connectivity index (χ3v) is 8.87. The van der Waals surface area contributed by atoms with E-state index in [4.69, 9.17) is 4.74 Å². The summed E-state index contributed by atoms with van der Waals surface area (Å²) in [6.45, 7) is 4.13. The predicted molar refractivity (Wildman–Crippen MR) is 130 cm³/mol. The Morgan fingerprint density at radius 2 is 1.97 bits per heavy atom. The van der Waals surface area contributed by atoms with E-state index in [1.807, 2.05) is 18.4 Å². The molecule has 1 aliphatic heterocycles. The van der Waals surface area contributed by atoms with E-state index in [1.54, 1.807) is 59.6 Å². The quantitative estimate of drug-likeness (QED) is 0.458. The molecule has 34 heavy (non-hydrogen) atoms. The lowest BCUT2D eigenvalue weighted by Crippen LogP contribution is -2.47. The Morgan fingerprint density at radius 3 is 2.68 bits per heavy atom. The topological polar surface area (TPSA) is 66.9 Å². The van der Waals surface area contributed by atoms with Crippen LogP contribution in [0.5, 0.6) is 5.75 Å². The van der Waals surface area contributed by atoms with Gasteiger partial charge in [-0.3, -0.25) is 4.79 Å². The average Bonchev–Trinajstić information content (AvgIpc) is 3.30. The number of halogens is 1. The molecule has 0 radical (unpaired) electrons. The molecule has 0 unspecified atom stereocenters. The molecule has 1 atom stereocenters. The van der Waals surface area contributed by atoms with E-state index < -0.39 is 15.8 Å². The highest BCUT2D eigenvalue weighted by molar-refractivity contribution is 7.89. The van der Waals surface area contributed by atoms with Crippen LogP contribution in [0.1, 0.15) is 29.0 Å². The lowest BCUT2D eigenvalue weighted by molar-refractivity contribution is -0.135. The molecule has 0 bridgehead atoms. The fourth-order valence-electron chi connectivity index (χ4n) is 4.07. The first-order valence-electron chi connectivity index (χ1n) is 11.1. The smallest absolute Gasteiger partial charge is 0.243 e. The van der Waals surface area contributed by atoms with E-state index in [-0.39, 0.29) is 36.5 Å². The number of benzene rings is 2. The highest BCUT2D eigenvalue weighted by Crippen LogP contribution is 2.34. The highest BCUT2D eigenvalue weighted by Gasteiger charge is 2.34. The SMILES string of the molecule is CCN(CC(=O)N1CCc2sccc2[C@H]1COc1cccc(F)c1)S(=O)(=O)c1ccc(C)cc1. The number of rotatable bonds is 8. The molecule has 0 spiro atoms. The van der Waals surface area contributed by atoms with Gasteiger partial charge in [-0.1, -0.05) is 30.7 Å². The minimum atomic E-state index is -3.81. The lowest BCUT2D eigenvalue weighted by Gasteiger charge is -2.36. The predicted octanol–water partition coefficient (Wildman–Crippen LogP) is 4.41. The average molecular weight is 503 g/mol. The van der Waals surface area contributed by atoms with Gasteiger partial charge in [-0.25, -0.2) is 12.8 Å². The fourth-order valence-corrected chi connectivity index (χ4v) is 6.40. The highest BCUT2D eigenvalue weighted by atomic mass is 32.2. The van der Waals surface area contributed by atoms with E-state index in [9.17, 15) is 17.6 Å². The molecule has 1 amide bonds. The molecule has 2 heterocycles. The summed E-state index contributed by atoms with van der Waals surface area (Å²) in [5.41, 5.74) is 1.95. The van der Waals surface area contributed by atoms with Crippen LogP contribution in [0, 0.1) is 12.7 Å². The van der Waals surface area contributed by atoms with Gasteiger partial charge >= 0.3 is 0 Å². The van der Waals surface area contributed by atoms with Crippen molar-refractivity contribution in [3.63, 3.8) is 0 Å². The third kappa shape index (κ3) is 5.16. The summed E-state index contributed by atoms with van der Waals surface area (Å²) < 4.78 is 47.0. The zero-order chi connectivity index (χ0) is 24.3. The van der Waals surface area contributed by atoms with E-state index >= 15 is 0 Å². The van der Waals surface area contributed by atoms with Crippen molar-refractivity contribution in [3.05, 3.63) is 81.8 Å². The Bertz CT molecular complexity index is 1260. The molecular formula is C25H27FN2O4S2. The standard InChI is InChI=1S/C25H27FN2O4S2/c1-3-27(34(30,31)21-9-7-18(2)8-10-21)16-25(29)28-13-11-24-22(12-14-33-24)23(28)17-32-20-6-4-5-19(26)15-20/h4-10,12,14-15,23H,3,11,13,16-17H2,1-2H3/t23-/m1/s1. The van der Waals surface area contributed by atoms with Crippen molar-refractivity contribution in [2.45, 2.75) is 31.2 Å². The number of aryl methyl sites for hydroxylation is 1. The first-order chi connectivity index (χ1) is 16.3. The van der Waals surface area contributed by atoms with Gasteiger partial charge in [-0.15, -0.1) is 11.3 Å². The molecule has 0 N–H and O–H groups in total. The normalized spacial score (nSPS) is 15.9. The maximum absolute atomic E-state index is 13.6. The molecule has 0 fully saturated rings. The van der Waals surface area contributed by atoms with E-state index in [1.165, 1.54) is 21.3 Å². The van der Waals surface area contributed by atoms with Gasteiger partial charge in [0.25, 0.3) is 0 Å². The Kier molecular flexibility index (Phi) is 7.35. The number of carbonyl (C=O) groups excluding carboxylic acids is 1. The van der Waals surface area contributed by atoms with Crippen LogP contribution < -0.4 is 4.74 Å². The number of nitrogens with zero attached hydrogens (tertiary/aromatic N) is 2. The third-order valence-electron chi connectivity index (χ3n) is 5.94. The summed E-state index contributed by atoms with van der Waals surface area (Å²) in [6.07, 6.45) is 0.700. The van der Waals surface area contributed by atoms with Gasteiger partial charge in [0.2, 0.25) is 15.9 Å². The van der Waals surface area contributed by atoms with Crippen LogP contribution in [-0.4, -0.2) is 49.8 Å². The van der Waals surface area contributed by atoms with Crippen LogP contribution >= 0.6 is 11.3 Å². The summed E-state index contributed by atoms with van der Waals surface area (Å²) in [4.78, 5) is 16.4. The zero-order valence-electron chi connectivity index (χ0n) is 19.1. The lowest BCUT2D eigenvalue weighted by atomic mass is 10.0. The van der Waals surface area contributed by atoms with Crippen LogP contribution in [0.25, 0.3) is 0 Å². The summed E-state index contributed by atoms with van der Waals surface area (Å²) >= 11 is 1.63. The van der Waals surface area contributed by atoms with Gasteiger partial charge in [0.1, 0.15) is 18.2 Å². The molecule has 6 nitrogen and oxygen atoms in total. The minimum absolute atomic E-state index is 0.149. The Labute approximate surface area is 203 Å². The first-order valence-corrected chi connectivity index (χ1v) is 13.4. The molecule has 0 aliphatic carbocycles. The number of ether oxygens (including phenoxy) is 1. The van der Waals surface area contributed by atoms with Crippen molar-refractivity contribution in [2.24, 2.45) is 0 Å². The number of hydrogen-bond donors (Lipinski definition) is 0. The van der Waals surface area contributed by atoms with Gasteiger partial charge in [-0.2, -0.15) is 4.31 Å². The number of hydrogen-bond acceptors (Lipinski definition) is 5. The van der Waals surface area contributed by atoms with Gasteiger partial charge in [0.05, 0.1) is 17.5 Å². The Hall–Kier alpha value is -2.75. The fraction of sp³-hybridized carbons (Fsp3) is 0.320. The molecule has 1 aromatic heterocycles. The van der Waals surface area contributed by atoms with E-state index in [2.05, 4.69) is 0 Å². The maximum Gasteiger partial charge on any atom is 0.243 e. The second-order valence-electron chi connectivity index (χ2n) is 8.16. The molecule has 9 heteroatoms. The molecule has 0 saturated heterocycles. The monoisotopic (exact) mass is 502 g/mol. The largest absolute Gasteiger partial charge is 0.491 e. The van der Waals surface area contributed by atoms with Crippen LogP contribution in [0.4, 0.5) is 4.39 Å². The Morgan fingerprint density at radius 1 is 1.21 bits per heavy atom. The Balaban J connectivity index is 1.54. The van der Waals surface area contributed by atoms with Crippen molar-refractivity contribution in [1.29, 1.82) is 0 Å². The number of amides is 1. The molecule has 2 aromatic carbocycles. The summed E-state index contributed by atoms with van der Waals surface area (Å²) in [5, 5.41) is 1.98. The molecule has 4 rings (SSSR count). The van der Waals surface area contributed by atoms with Gasteiger partial charge in [-0.05, 0) is 54.6 Å². The van der Waals surface area contributed by atoms with Crippen molar-refractivity contribution >= 4 is 27.3 Å². The van der Waals surface area contributed by atoms with Crippen LogP contribution in [0.2, 0.25) is 0 Å².